The maximum atomic E-state index is 11.3. The summed E-state index contributed by atoms with van der Waals surface area (Å²) < 4.78 is 22.5. The van der Waals surface area contributed by atoms with Crippen molar-refractivity contribution in [2.75, 3.05) is 10.6 Å². The van der Waals surface area contributed by atoms with E-state index in [0.717, 1.165) is 11.3 Å². The van der Waals surface area contributed by atoms with Crippen LogP contribution in [0.15, 0.2) is 42.5 Å². The molecule has 266 valence electrons. The predicted molar refractivity (Wildman–Crippen MR) is 184 cm³/mol. The summed E-state index contributed by atoms with van der Waals surface area (Å²) in [5.41, 5.74) is 3.21. The van der Waals surface area contributed by atoms with Gasteiger partial charge in [0.25, 0.3) is 0 Å². The van der Waals surface area contributed by atoms with Gasteiger partial charge in [-0.05, 0) is 118 Å². The minimum Gasteiger partial charge on any atom is -0.479 e. The van der Waals surface area contributed by atoms with Crippen molar-refractivity contribution in [3.63, 3.8) is 0 Å². The number of hydrogen-bond donors (Lipinski definition) is 6. The van der Waals surface area contributed by atoms with Gasteiger partial charge in [-0.25, -0.2) is 4.79 Å². The summed E-state index contributed by atoms with van der Waals surface area (Å²) in [5.74, 6) is -1.18. The van der Waals surface area contributed by atoms with Crippen LogP contribution in [-0.2, 0) is 32.2 Å². The van der Waals surface area contributed by atoms with Crippen molar-refractivity contribution in [3.8, 4) is 5.75 Å². The van der Waals surface area contributed by atoms with Crippen molar-refractivity contribution in [1.82, 2.24) is 0 Å². The lowest BCUT2D eigenvalue weighted by Crippen LogP contribution is -2.61. The number of ether oxygens (including phenoxy) is 4. The topological polar surface area (TPSA) is 159 Å². The summed E-state index contributed by atoms with van der Waals surface area (Å²) >= 11 is 0. The molecule has 1 fully saturated rings. The molecule has 0 saturated carbocycles. The number of aliphatic hydroxyl groups excluding tert-OH is 3. The highest BCUT2D eigenvalue weighted by Crippen LogP contribution is 2.33. The summed E-state index contributed by atoms with van der Waals surface area (Å²) in [6.07, 6.45) is -8.36. The Morgan fingerprint density at radius 3 is 1.66 bits per heavy atom. The third-order valence-corrected chi connectivity index (χ3v) is 6.43. The molecule has 0 aromatic heterocycles. The average molecular weight is 663 g/mol. The third kappa shape index (κ3) is 14.8. The number of carbonyl (C=O) groups is 1. The van der Waals surface area contributed by atoms with Crippen molar-refractivity contribution in [3.05, 3.63) is 53.6 Å². The zero-order chi connectivity index (χ0) is 36.0. The van der Waals surface area contributed by atoms with Gasteiger partial charge in [0.1, 0.15) is 24.1 Å². The normalized spacial score (nSPS) is 22.1. The van der Waals surface area contributed by atoms with Gasteiger partial charge in [-0.15, -0.1) is 0 Å². The third-order valence-electron chi connectivity index (χ3n) is 6.43. The van der Waals surface area contributed by atoms with E-state index in [-0.39, 0.29) is 22.3 Å². The molecule has 6 N–H and O–H groups in total. The van der Waals surface area contributed by atoms with Crippen LogP contribution < -0.4 is 15.4 Å². The van der Waals surface area contributed by atoms with Crippen LogP contribution >= 0.6 is 0 Å². The first-order valence-corrected chi connectivity index (χ1v) is 16.0. The Morgan fingerprint density at radius 1 is 0.702 bits per heavy atom. The van der Waals surface area contributed by atoms with Gasteiger partial charge in [0.15, 0.2) is 6.10 Å². The van der Waals surface area contributed by atoms with E-state index in [2.05, 4.69) is 76.4 Å². The Balaban J connectivity index is 0.000000382. The predicted octanol–water partition coefficient (Wildman–Crippen LogP) is 5.70. The molecule has 3 rings (SSSR count). The first-order chi connectivity index (χ1) is 21.3. The number of nitrogens with one attached hydrogen (secondary N) is 2. The van der Waals surface area contributed by atoms with Gasteiger partial charge in [-0.3, -0.25) is 0 Å². The molecule has 11 heteroatoms. The maximum Gasteiger partial charge on any atom is 0.335 e. The second-order valence-electron chi connectivity index (χ2n) is 15.9. The SMILES string of the molecule is CC(C)(C)Nc1cc(COC(C)(C)C)ccc1OC1OC(C(=O)O)C(O)C(O)C1O.CC(C)(C)Nc1ccc(COC(C)(C)C)cc1. The number of rotatable bonds is 9. The largest absolute Gasteiger partial charge is 0.479 e. The minimum atomic E-state index is -1.78. The fraction of sp³-hybridized carbons (Fsp3) is 0.639. The molecule has 47 heavy (non-hydrogen) atoms. The highest BCUT2D eigenvalue weighted by atomic mass is 16.7. The van der Waals surface area contributed by atoms with Crippen LogP contribution in [0.1, 0.15) is 94.2 Å². The van der Waals surface area contributed by atoms with Crippen LogP contribution in [0, 0.1) is 0 Å². The summed E-state index contributed by atoms with van der Waals surface area (Å²) in [6.45, 7) is 25.5. The zero-order valence-electron chi connectivity index (χ0n) is 30.2. The van der Waals surface area contributed by atoms with Gasteiger partial charge >= 0.3 is 5.97 Å². The fourth-order valence-corrected chi connectivity index (χ4v) is 4.26. The van der Waals surface area contributed by atoms with E-state index in [0.29, 0.717) is 24.7 Å². The monoisotopic (exact) mass is 662 g/mol. The van der Waals surface area contributed by atoms with E-state index in [1.54, 1.807) is 12.1 Å². The molecule has 2 aromatic carbocycles. The van der Waals surface area contributed by atoms with Crippen molar-refractivity contribution >= 4 is 17.3 Å². The van der Waals surface area contributed by atoms with Crippen LogP contribution in [0.25, 0.3) is 0 Å². The van der Waals surface area contributed by atoms with Crippen LogP contribution in [0.4, 0.5) is 11.4 Å². The summed E-state index contributed by atoms with van der Waals surface area (Å²) in [6, 6.07) is 13.7. The van der Waals surface area contributed by atoms with Crippen molar-refractivity contribution < 1.29 is 44.2 Å². The van der Waals surface area contributed by atoms with E-state index >= 15 is 0 Å². The van der Waals surface area contributed by atoms with Gasteiger partial charge < -0.3 is 50.0 Å². The highest BCUT2D eigenvalue weighted by Gasteiger charge is 2.48. The number of carboxylic acid groups (broad SMARTS) is 1. The van der Waals surface area contributed by atoms with E-state index in [4.69, 9.17) is 18.9 Å². The number of hydrogen-bond acceptors (Lipinski definition) is 10. The molecule has 1 saturated heterocycles. The van der Waals surface area contributed by atoms with E-state index in [1.807, 2.05) is 47.6 Å². The molecule has 1 aliphatic rings. The van der Waals surface area contributed by atoms with Crippen molar-refractivity contribution in [2.24, 2.45) is 0 Å². The van der Waals surface area contributed by atoms with E-state index < -0.39 is 36.7 Å². The summed E-state index contributed by atoms with van der Waals surface area (Å²) in [7, 11) is 0. The standard InChI is InChI=1S/C21H33NO8.C15H25NO/c1-20(2,3)22-12-9-11(10-28-21(4,5)6)7-8-13(12)29-19-16(25)14(23)15(24)17(30-19)18(26)27;1-14(2,3)16-13-9-7-12(8-10-13)11-17-15(4,5)6/h7-9,14-17,19,22-25H,10H2,1-6H3,(H,26,27);7-10,16H,11H2,1-6H3. The molecule has 0 aliphatic carbocycles. The smallest absolute Gasteiger partial charge is 0.335 e. The molecular weight excluding hydrogens is 604 g/mol. The number of benzene rings is 2. The van der Waals surface area contributed by atoms with Crippen molar-refractivity contribution in [2.45, 2.75) is 149 Å². The number of aliphatic hydroxyl groups is 3. The van der Waals surface area contributed by atoms with Gasteiger partial charge in [-0.2, -0.15) is 0 Å². The molecule has 2 aromatic rings. The lowest BCUT2D eigenvalue weighted by Gasteiger charge is -2.38. The number of anilines is 2. The number of aliphatic carboxylic acids is 1. The lowest BCUT2D eigenvalue weighted by molar-refractivity contribution is -0.271. The lowest BCUT2D eigenvalue weighted by atomic mass is 9.99. The Morgan fingerprint density at radius 2 is 1.19 bits per heavy atom. The Labute approximate surface area is 280 Å². The van der Waals surface area contributed by atoms with Gasteiger partial charge in [0.2, 0.25) is 6.29 Å². The Kier molecular flexibility index (Phi) is 13.7. The van der Waals surface area contributed by atoms with Crippen LogP contribution in [0.3, 0.4) is 0 Å². The zero-order valence-corrected chi connectivity index (χ0v) is 30.2. The molecule has 0 spiro atoms. The first kappa shape index (κ1) is 40.2. The van der Waals surface area contributed by atoms with Crippen LogP contribution in [0.2, 0.25) is 0 Å². The van der Waals surface area contributed by atoms with Crippen LogP contribution in [-0.4, -0.2) is 79.4 Å². The molecule has 11 nitrogen and oxygen atoms in total. The maximum absolute atomic E-state index is 11.3. The molecule has 5 atom stereocenters. The van der Waals surface area contributed by atoms with Crippen molar-refractivity contribution in [1.29, 1.82) is 0 Å². The highest BCUT2D eigenvalue weighted by molar-refractivity contribution is 5.73. The Hall–Kier alpha value is -2.93. The Bertz CT molecular complexity index is 1270. The van der Waals surface area contributed by atoms with E-state index in [1.165, 1.54) is 5.56 Å². The molecule has 1 heterocycles. The quantitative estimate of drug-likeness (QED) is 0.196. The van der Waals surface area contributed by atoms with Gasteiger partial charge in [-0.1, -0.05) is 18.2 Å². The molecule has 0 amide bonds. The van der Waals surface area contributed by atoms with Gasteiger partial charge in [0.05, 0.1) is 30.1 Å². The van der Waals surface area contributed by atoms with E-state index in [9.17, 15) is 25.2 Å². The molecule has 5 unspecified atom stereocenters. The molecular formula is C36H58N2O9. The summed E-state index contributed by atoms with van der Waals surface area (Å²) in [4.78, 5) is 11.3. The molecule has 0 radical (unpaired) electrons. The van der Waals surface area contributed by atoms with Gasteiger partial charge in [0, 0.05) is 16.8 Å². The molecule has 1 aliphatic heterocycles. The fourth-order valence-electron chi connectivity index (χ4n) is 4.26. The first-order valence-electron chi connectivity index (χ1n) is 16.0. The minimum absolute atomic E-state index is 0.0810. The molecule has 0 bridgehead atoms. The average Bonchev–Trinajstić information content (AvgIpc) is 2.90. The second-order valence-corrected chi connectivity index (χ2v) is 15.9. The number of carboxylic acids is 1. The summed E-state index contributed by atoms with van der Waals surface area (Å²) in [5, 5.41) is 46.0. The van der Waals surface area contributed by atoms with Crippen LogP contribution in [0.5, 0.6) is 5.75 Å². The second kappa shape index (κ2) is 16.0.